The molecule has 0 spiro atoms. The molecule has 0 bridgehead atoms. The Morgan fingerprint density at radius 3 is 2.45 bits per heavy atom. The number of carbonyl (C=O) groups excluding carboxylic acids is 2. The van der Waals surface area contributed by atoms with E-state index >= 15 is 0 Å². The van der Waals surface area contributed by atoms with Crippen LogP contribution in [-0.4, -0.2) is 37.4 Å². The molecule has 0 aliphatic carbocycles. The van der Waals surface area contributed by atoms with Crippen molar-refractivity contribution in [1.29, 1.82) is 0 Å². The third kappa shape index (κ3) is 4.80. The van der Waals surface area contributed by atoms with Crippen LogP contribution in [0.4, 0.5) is 11.4 Å². The van der Waals surface area contributed by atoms with E-state index in [1.54, 1.807) is 36.4 Å². The Morgan fingerprint density at radius 2 is 1.73 bits per heavy atom. The van der Waals surface area contributed by atoms with E-state index in [1.807, 2.05) is 36.1 Å². The Balaban J connectivity index is 1.59. The second kappa shape index (κ2) is 9.77. The number of para-hydroxylation sites is 1. The number of amides is 2. The first kappa shape index (κ1) is 23.0. The zero-order chi connectivity index (χ0) is 23.5. The molecule has 1 unspecified atom stereocenters. The molecule has 1 aliphatic rings. The Hall–Kier alpha value is -3.15. The van der Waals surface area contributed by atoms with Crippen LogP contribution in [0.25, 0.3) is 0 Å². The summed E-state index contributed by atoms with van der Waals surface area (Å²) in [5, 5.41) is 3.27. The Labute approximate surface area is 200 Å². The summed E-state index contributed by atoms with van der Waals surface area (Å²) in [6, 6.07) is 20.7. The van der Waals surface area contributed by atoms with Crippen molar-refractivity contribution in [3.05, 3.63) is 94.0 Å². The largest absolute Gasteiger partial charge is 0.322 e. The molecule has 4 rings (SSSR count). The highest BCUT2D eigenvalue weighted by atomic mass is 35.5. The third-order valence-electron chi connectivity index (χ3n) is 6.15. The van der Waals surface area contributed by atoms with Gasteiger partial charge in [0.25, 0.3) is 11.8 Å². The lowest BCUT2D eigenvalue weighted by atomic mass is 10.0. The number of nitrogens with zero attached hydrogens (tertiary/aromatic N) is 2. The molecule has 0 saturated carbocycles. The quantitative estimate of drug-likeness (QED) is 0.522. The molecule has 1 heterocycles. The van der Waals surface area contributed by atoms with Crippen molar-refractivity contribution in [2.45, 2.75) is 25.8 Å². The van der Waals surface area contributed by atoms with E-state index in [2.05, 4.69) is 30.4 Å². The lowest BCUT2D eigenvalue weighted by Crippen LogP contribution is -2.32. The number of anilines is 2. The van der Waals surface area contributed by atoms with E-state index in [4.69, 9.17) is 11.6 Å². The first-order valence-electron chi connectivity index (χ1n) is 11.1. The SMILES string of the molecule is Cc1cc(NC(=O)c2ccccc2Cl)ccc1C(=O)N1CCCC(N(C)C)c2ccccc21. The lowest BCUT2D eigenvalue weighted by molar-refractivity contribution is 0.0985. The van der Waals surface area contributed by atoms with Gasteiger partial charge in [0.2, 0.25) is 0 Å². The molecular formula is C27H28ClN3O2. The standard InChI is InChI=1S/C27H28ClN3O2/c1-18-17-19(29-26(32)21-9-4-6-11-23(21)28)14-15-20(18)27(33)31-16-8-13-24(30(2)3)22-10-5-7-12-25(22)31/h4-7,9-12,14-15,17,24H,8,13,16H2,1-3H3,(H,29,32). The average Bonchev–Trinajstić information content (AvgIpc) is 2.99. The first-order valence-corrected chi connectivity index (χ1v) is 11.5. The first-order chi connectivity index (χ1) is 15.9. The molecule has 1 N–H and O–H groups in total. The smallest absolute Gasteiger partial charge is 0.258 e. The van der Waals surface area contributed by atoms with Gasteiger partial charge >= 0.3 is 0 Å². The number of benzene rings is 3. The zero-order valence-corrected chi connectivity index (χ0v) is 19.9. The molecule has 0 radical (unpaired) electrons. The van der Waals surface area contributed by atoms with Gasteiger partial charge in [-0.2, -0.15) is 0 Å². The highest BCUT2D eigenvalue weighted by Crippen LogP contribution is 2.36. The van der Waals surface area contributed by atoms with Crippen molar-refractivity contribution in [3.8, 4) is 0 Å². The molecule has 170 valence electrons. The molecule has 3 aromatic carbocycles. The molecule has 33 heavy (non-hydrogen) atoms. The maximum Gasteiger partial charge on any atom is 0.258 e. The summed E-state index contributed by atoms with van der Waals surface area (Å²) in [4.78, 5) is 30.3. The van der Waals surface area contributed by atoms with E-state index in [0.29, 0.717) is 28.4 Å². The van der Waals surface area contributed by atoms with Crippen LogP contribution in [0, 0.1) is 6.92 Å². The van der Waals surface area contributed by atoms with E-state index in [9.17, 15) is 9.59 Å². The summed E-state index contributed by atoms with van der Waals surface area (Å²) >= 11 is 6.14. The normalized spacial score (nSPS) is 15.7. The highest BCUT2D eigenvalue weighted by Gasteiger charge is 2.28. The van der Waals surface area contributed by atoms with Crippen LogP contribution in [0.15, 0.2) is 66.7 Å². The van der Waals surface area contributed by atoms with Gasteiger partial charge in [0.1, 0.15) is 0 Å². The average molecular weight is 462 g/mol. The number of carbonyl (C=O) groups is 2. The van der Waals surface area contributed by atoms with Gasteiger partial charge in [0.15, 0.2) is 0 Å². The number of halogens is 1. The van der Waals surface area contributed by atoms with Crippen LogP contribution in [0.2, 0.25) is 5.02 Å². The second-order valence-electron chi connectivity index (χ2n) is 8.60. The van der Waals surface area contributed by atoms with Crippen LogP contribution in [0.3, 0.4) is 0 Å². The fourth-order valence-corrected chi connectivity index (χ4v) is 4.67. The monoisotopic (exact) mass is 461 g/mol. The minimum Gasteiger partial charge on any atom is -0.322 e. The van der Waals surface area contributed by atoms with E-state index in [-0.39, 0.29) is 17.9 Å². The molecule has 3 aromatic rings. The number of hydrogen-bond donors (Lipinski definition) is 1. The van der Waals surface area contributed by atoms with Gasteiger partial charge in [0, 0.05) is 29.5 Å². The van der Waals surface area contributed by atoms with Gasteiger partial charge in [0.05, 0.1) is 10.6 Å². The topological polar surface area (TPSA) is 52.7 Å². The summed E-state index contributed by atoms with van der Waals surface area (Å²) in [5.74, 6) is -0.307. The van der Waals surface area contributed by atoms with E-state index < -0.39 is 0 Å². The fourth-order valence-electron chi connectivity index (χ4n) is 4.45. The van der Waals surface area contributed by atoms with Crippen molar-refractivity contribution >= 4 is 34.8 Å². The van der Waals surface area contributed by atoms with Gasteiger partial charge in [-0.1, -0.05) is 41.9 Å². The molecule has 2 amide bonds. The maximum absolute atomic E-state index is 13.6. The summed E-state index contributed by atoms with van der Waals surface area (Å²) in [5.41, 5.74) is 4.61. The van der Waals surface area contributed by atoms with Crippen LogP contribution >= 0.6 is 11.6 Å². The molecule has 0 aromatic heterocycles. The molecule has 1 atom stereocenters. The minimum absolute atomic E-state index is 0.0247. The number of fused-ring (bicyclic) bond motifs is 1. The van der Waals surface area contributed by atoms with Crippen molar-refractivity contribution in [2.75, 3.05) is 30.9 Å². The molecule has 6 heteroatoms. The summed E-state index contributed by atoms with van der Waals surface area (Å²) in [7, 11) is 4.16. The second-order valence-corrected chi connectivity index (χ2v) is 9.01. The van der Waals surface area contributed by atoms with Crippen LogP contribution < -0.4 is 10.2 Å². The Morgan fingerprint density at radius 1 is 1.00 bits per heavy atom. The molecule has 0 saturated heterocycles. The molecule has 5 nitrogen and oxygen atoms in total. The molecular weight excluding hydrogens is 434 g/mol. The number of hydrogen-bond acceptors (Lipinski definition) is 3. The number of aryl methyl sites for hydroxylation is 1. The van der Waals surface area contributed by atoms with Gasteiger partial charge in [-0.3, -0.25) is 9.59 Å². The van der Waals surface area contributed by atoms with E-state index in [0.717, 1.165) is 24.1 Å². The van der Waals surface area contributed by atoms with Gasteiger partial charge in [-0.05, 0) is 81.4 Å². The predicted octanol–water partition coefficient (Wildman–Crippen LogP) is 5.94. The molecule has 1 aliphatic heterocycles. The van der Waals surface area contributed by atoms with Crippen molar-refractivity contribution < 1.29 is 9.59 Å². The van der Waals surface area contributed by atoms with Crippen LogP contribution in [0.5, 0.6) is 0 Å². The zero-order valence-electron chi connectivity index (χ0n) is 19.1. The van der Waals surface area contributed by atoms with Crippen LogP contribution in [-0.2, 0) is 0 Å². The Kier molecular flexibility index (Phi) is 6.82. The van der Waals surface area contributed by atoms with Gasteiger partial charge < -0.3 is 15.1 Å². The van der Waals surface area contributed by atoms with Crippen LogP contribution in [0.1, 0.15) is 50.7 Å². The van der Waals surface area contributed by atoms with Gasteiger partial charge in [-0.25, -0.2) is 0 Å². The van der Waals surface area contributed by atoms with Crippen molar-refractivity contribution in [2.24, 2.45) is 0 Å². The minimum atomic E-state index is -0.282. The lowest BCUT2D eigenvalue weighted by Gasteiger charge is -2.27. The molecule has 0 fully saturated rings. The third-order valence-corrected chi connectivity index (χ3v) is 6.48. The summed E-state index contributed by atoms with van der Waals surface area (Å²) < 4.78 is 0. The van der Waals surface area contributed by atoms with Gasteiger partial charge in [-0.15, -0.1) is 0 Å². The van der Waals surface area contributed by atoms with Crippen molar-refractivity contribution in [1.82, 2.24) is 4.90 Å². The fraction of sp³-hybridized carbons (Fsp3) is 0.259. The maximum atomic E-state index is 13.6. The summed E-state index contributed by atoms with van der Waals surface area (Å²) in [6.45, 7) is 2.56. The van der Waals surface area contributed by atoms with E-state index in [1.165, 1.54) is 5.56 Å². The number of nitrogens with one attached hydrogen (secondary N) is 1. The predicted molar refractivity (Wildman–Crippen MR) is 134 cm³/mol. The summed E-state index contributed by atoms with van der Waals surface area (Å²) in [6.07, 6.45) is 1.92. The van der Waals surface area contributed by atoms with Crippen molar-refractivity contribution in [3.63, 3.8) is 0 Å². The highest BCUT2D eigenvalue weighted by molar-refractivity contribution is 6.34. The Bertz CT molecular complexity index is 1190. The number of rotatable bonds is 4.